The van der Waals surface area contributed by atoms with Crippen molar-refractivity contribution in [2.75, 3.05) is 13.6 Å². The number of fused-ring (bicyclic) bond motifs is 6. The predicted octanol–water partition coefficient (Wildman–Crippen LogP) is 2.79. The number of rotatable bonds is 0. The third-order valence-electron chi connectivity index (χ3n) is 3.61. The highest BCUT2D eigenvalue weighted by Gasteiger charge is 2.30. The van der Waals surface area contributed by atoms with E-state index in [1.807, 2.05) is 24.3 Å². The summed E-state index contributed by atoms with van der Waals surface area (Å²) in [7, 11) is 0. The van der Waals surface area contributed by atoms with Crippen LogP contribution in [0.3, 0.4) is 0 Å². The summed E-state index contributed by atoms with van der Waals surface area (Å²) in [4.78, 5) is 0. The Morgan fingerprint density at radius 3 is 1.06 bits per heavy atom. The van der Waals surface area contributed by atoms with Crippen LogP contribution < -0.4 is 18.9 Å². The third-order valence-corrected chi connectivity index (χ3v) is 3.61. The van der Waals surface area contributed by atoms with E-state index in [1.165, 1.54) is 22.3 Å². The first-order chi connectivity index (χ1) is 8.90. The Labute approximate surface area is 103 Å². The molecule has 2 aromatic carbocycles. The van der Waals surface area contributed by atoms with Crippen molar-refractivity contribution in [1.29, 1.82) is 0 Å². The number of hydrogen-bond acceptors (Lipinski definition) is 4. The topological polar surface area (TPSA) is 36.9 Å². The molecule has 0 radical (unpaired) electrons. The highest BCUT2D eigenvalue weighted by atomic mass is 16.7. The molecule has 1 aliphatic carbocycles. The standard InChI is InChI=1S/C14H8O4/c1-7-8(2-12-11(1)15-5-16-12)10-4-14-13(3-9(7)10)17-6-18-14/h1-4H,5-6H2. The van der Waals surface area contributed by atoms with Crippen molar-refractivity contribution >= 4 is 0 Å². The van der Waals surface area contributed by atoms with E-state index in [4.69, 9.17) is 18.9 Å². The fraction of sp³-hybridized carbons (Fsp3) is 0.143. The number of hydrogen-bond donors (Lipinski definition) is 0. The molecular weight excluding hydrogens is 232 g/mol. The first kappa shape index (κ1) is 8.69. The Morgan fingerprint density at radius 1 is 0.500 bits per heavy atom. The molecular formula is C14H8O4. The van der Waals surface area contributed by atoms with E-state index in [2.05, 4.69) is 0 Å². The molecule has 2 heterocycles. The molecule has 5 rings (SSSR count). The van der Waals surface area contributed by atoms with Crippen LogP contribution in [0.2, 0.25) is 0 Å². The fourth-order valence-corrected chi connectivity index (χ4v) is 2.71. The summed E-state index contributed by atoms with van der Waals surface area (Å²) in [6.07, 6.45) is 0. The first-order valence-corrected chi connectivity index (χ1v) is 5.78. The van der Waals surface area contributed by atoms with E-state index < -0.39 is 0 Å². The van der Waals surface area contributed by atoms with Crippen molar-refractivity contribution in [1.82, 2.24) is 0 Å². The van der Waals surface area contributed by atoms with Crippen molar-refractivity contribution in [3.05, 3.63) is 24.3 Å². The maximum Gasteiger partial charge on any atom is 0.231 e. The van der Waals surface area contributed by atoms with Gasteiger partial charge in [-0.2, -0.15) is 0 Å². The fourth-order valence-electron chi connectivity index (χ4n) is 2.71. The van der Waals surface area contributed by atoms with Gasteiger partial charge in [0, 0.05) is 0 Å². The zero-order chi connectivity index (χ0) is 11.7. The molecule has 0 saturated heterocycles. The molecule has 0 fully saturated rings. The van der Waals surface area contributed by atoms with Gasteiger partial charge >= 0.3 is 0 Å². The second kappa shape index (κ2) is 2.72. The first-order valence-electron chi connectivity index (χ1n) is 5.78. The van der Waals surface area contributed by atoms with Crippen LogP contribution in [0, 0.1) is 0 Å². The maximum absolute atomic E-state index is 5.40. The minimum absolute atomic E-state index is 0.303. The summed E-state index contributed by atoms with van der Waals surface area (Å²) in [6.45, 7) is 0.606. The summed E-state index contributed by atoms with van der Waals surface area (Å²) < 4.78 is 21.6. The lowest BCUT2D eigenvalue weighted by Gasteiger charge is -2.24. The van der Waals surface area contributed by atoms with Gasteiger partial charge in [-0.15, -0.1) is 0 Å². The molecule has 0 saturated carbocycles. The van der Waals surface area contributed by atoms with Crippen LogP contribution in [0.15, 0.2) is 24.3 Å². The summed E-state index contributed by atoms with van der Waals surface area (Å²) in [5.74, 6) is 3.27. The van der Waals surface area contributed by atoms with E-state index in [-0.39, 0.29) is 0 Å². The van der Waals surface area contributed by atoms with Crippen LogP contribution in [0.5, 0.6) is 23.0 Å². The molecule has 2 aromatic rings. The molecule has 0 spiro atoms. The van der Waals surface area contributed by atoms with Gasteiger partial charge in [0.15, 0.2) is 23.0 Å². The van der Waals surface area contributed by atoms with Crippen LogP contribution in [0.4, 0.5) is 0 Å². The van der Waals surface area contributed by atoms with E-state index in [1.54, 1.807) is 0 Å². The summed E-state index contributed by atoms with van der Waals surface area (Å²) >= 11 is 0. The summed E-state index contributed by atoms with van der Waals surface area (Å²) in [5.41, 5.74) is 4.75. The lowest BCUT2D eigenvalue weighted by molar-refractivity contribution is 0.173. The molecule has 4 nitrogen and oxygen atoms in total. The minimum atomic E-state index is 0.303. The molecule has 18 heavy (non-hydrogen) atoms. The highest BCUT2D eigenvalue weighted by Crippen LogP contribution is 2.55. The van der Waals surface area contributed by atoms with Crippen LogP contribution in [-0.2, 0) is 0 Å². The lowest BCUT2D eigenvalue weighted by atomic mass is 9.80. The lowest BCUT2D eigenvalue weighted by Crippen LogP contribution is -1.98. The Bertz CT molecular complexity index is 571. The predicted molar refractivity (Wildman–Crippen MR) is 63.1 cm³/mol. The van der Waals surface area contributed by atoms with Gasteiger partial charge < -0.3 is 18.9 Å². The summed E-state index contributed by atoms with van der Waals surface area (Å²) in [5, 5.41) is 0. The molecule has 0 amide bonds. The van der Waals surface area contributed by atoms with E-state index in [0.29, 0.717) is 13.6 Å². The molecule has 0 atom stereocenters. The molecule has 2 aliphatic heterocycles. The number of ether oxygens (including phenoxy) is 4. The highest BCUT2D eigenvalue weighted by molar-refractivity contribution is 6.04. The van der Waals surface area contributed by atoms with Gasteiger partial charge in [-0.25, -0.2) is 0 Å². The second-order valence-corrected chi connectivity index (χ2v) is 4.50. The quantitative estimate of drug-likeness (QED) is 0.605. The van der Waals surface area contributed by atoms with Crippen molar-refractivity contribution in [3.63, 3.8) is 0 Å². The van der Waals surface area contributed by atoms with Gasteiger partial charge in [0.25, 0.3) is 0 Å². The van der Waals surface area contributed by atoms with Crippen LogP contribution in [0.25, 0.3) is 22.3 Å². The molecule has 3 aliphatic rings. The van der Waals surface area contributed by atoms with E-state index in [0.717, 1.165) is 23.0 Å². The van der Waals surface area contributed by atoms with Gasteiger partial charge in [-0.05, 0) is 46.5 Å². The van der Waals surface area contributed by atoms with Crippen molar-refractivity contribution in [2.24, 2.45) is 0 Å². The van der Waals surface area contributed by atoms with Crippen LogP contribution in [-0.4, -0.2) is 13.6 Å². The van der Waals surface area contributed by atoms with Crippen molar-refractivity contribution < 1.29 is 18.9 Å². The van der Waals surface area contributed by atoms with Gasteiger partial charge in [-0.1, -0.05) is 0 Å². The van der Waals surface area contributed by atoms with Crippen molar-refractivity contribution in [3.8, 4) is 45.3 Å². The molecule has 0 bridgehead atoms. The largest absolute Gasteiger partial charge is 0.454 e. The van der Waals surface area contributed by atoms with E-state index in [9.17, 15) is 0 Å². The maximum atomic E-state index is 5.40. The van der Waals surface area contributed by atoms with Gasteiger partial charge in [-0.3, -0.25) is 0 Å². The minimum Gasteiger partial charge on any atom is -0.454 e. The van der Waals surface area contributed by atoms with Gasteiger partial charge in [0.2, 0.25) is 13.6 Å². The van der Waals surface area contributed by atoms with Crippen LogP contribution in [0.1, 0.15) is 0 Å². The SMILES string of the molecule is c1c2c(cc3c1-c1cc4c(cc1-3)OCO4)OCO2. The van der Waals surface area contributed by atoms with Crippen molar-refractivity contribution in [2.45, 2.75) is 0 Å². The number of benzene rings is 2. The molecule has 0 N–H and O–H groups in total. The normalized spacial score (nSPS) is 16.0. The second-order valence-electron chi connectivity index (χ2n) is 4.50. The molecule has 88 valence electrons. The Morgan fingerprint density at radius 2 is 0.778 bits per heavy atom. The molecule has 0 unspecified atom stereocenters. The van der Waals surface area contributed by atoms with Gasteiger partial charge in [0.1, 0.15) is 0 Å². The monoisotopic (exact) mass is 240 g/mol. The van der Waals surface area contributed by atoms with Crippen LogP contribution >= 0.6 is 0 Å². The average molecular weight is 240 g/mol. The Hall–Kier alpha value is -2.36. The smallest absolute Gasteiger partial charge is 0.231 e. The third kappa shape index (κ3) is 0.884. The molecule has 4 heteroatoms. The van der Waals surface area contributed by atoms with E-state index >= 15 is 0 Å². The Kier molecular flexibility index (Phi) is 1.31. The zero-order valence-corrected chi connectivity index (χ0v) is 9.36. The zero-order valence-electron chi connectivity index (χ0n) is 9.36. The Balaban J connectivity index is 1.74. The summed E-state index contributed by atoms with van der Waals surface area (Å²) in [6, 6.07) is 8.12. The average Bonchev–Trinajstić information content (AvgIpc) is 3.02. The molecule has 0 aromatic heterocycles. The van der Waals surface area contributed by atoms with Gasteiger partial charge in [0.05, 0.1) is 0 Å².